The monoisotopic (exact) mass is 308 g/mol. The molecule has 23 heavy (non-hydrogen) atoms. The first-order valence-electron chi connectivity index (χ1n) is 7.12. The Morgan fingerprint density at radius 2 is 1.87 bits per heavy atom. The zero-order valence-corrected chi connectivity index (χ0v) is 12.1. The largest absolute Gasteiger partial charge is 0.487 e. The Kier molecular flexibility index (Phi) is 3.08. The van der Waals surface area contributed by atoms with Gasteiger partial charge in [0.2, 0.25) is 5.95 Å². The number of fused-ring (bicyclic) bond motifs is 3. The molecule has 0 bridgehead atoms. The van der Waals surface area contributed by atoms with Gasteiger partial charge in [0.05, 0.1) is 5.69 Å². The van der Waals surface area contributed by atoms with Crippen LogP contribution in [0.4, 0.5) is 10.3 Å². The SMILES string of the molecule is Nc1nc2c(F)cccc2c2nc(COc3ccccc3)cn12. The molecule has 0 radical (unpaired) electrons. The van der Waals surface area contributed by atoms with Crippen LogP contribution in [-0.2, 0) is 6.61 Å². The maximum Gasteiger partial charge on any atom is 0.206 e. The summed E-state index contributed by atoms with van der Waals surface area (Å²) in [5.74, 6) is 0.532. The lowest BCUT2D eigenvalue weighted by atomic mass is 10.2. The normalized spacial score (nSPS) is 11.2. The second-order valence-electron chi connectivity index (χ2n) is 5.13. The number of para-hydroxylation sites is 2. The van der Waals surface area contributed by atoms with Crippen LogP contribution in [0.2, 0.25) is 0 Å². The first kappa shape index (κ1) is 13.5. The van der Waals surface area contributed by atoms with E-state index >= 15 is 0 Å². The zero-order valence-electron chi connectivity index (χ0n) is 12.1. The van der Waals surface area contributed by atoms with Crippen LogP contribution in [-0.4, -0.2) is 14.4 Å². The molecule has 2 aromatic heterocycles. The fourth-order valence-electron chi connectivity index (χ4n) is 2.51. The Bertz CT molecular complexity index is 998. The molecule has 0 atom stereocenters. The van der Waals surface area contributed by atoms with E-state index in [-0.39, 0.29) is 11.5 Å². The van der Waals surface area contributed by atoms with E-state index in [0.29, 0.717) is 23.3 Å². The molecule has 6 heteroatoms. The van der Waals surface area contributed by atoms with Gasteiger partial charge in [-0.1, -0.05) is 24.3 Å². The smallest absolute Gasteiger partial charge is 0.206 e. The molecule has 2 N–H and O–H groups in total. The van der Waals surface area contributed by atoms with Gasteiger partial charge in [-0.3, -0.25) is 4.40 Å². The summed E-state index contributed by atoms with van der Waals surface area (Å²) in [6.07, 6.45) is 1.75. The standard InChI is InChI=1S/C17H13FN4O/c18-14-8-4-7-13-15(14)21-17(19)22-9-11(20-16(13)22)10-23-12-5-2-1-3-6-12/h1-9H,10H2,(H2,19,21). The quantitative estimate of drug-likeness (QED) is 0.631. The van der Waals surface area contributed by atoms with Crippen molar-refractivity contribution in [2.24, 2.45) is 0 Å². The van der Waals surface area contributed by atoms with Gasteiger partial charge >= 0.3 is 0 Å². The maximum absolute atomic E-state index is 13.9. The molecule has 0 spiro atoms. The van der Waals surface area contributed by atoms with Gasteiger partial charge in [-0.2, -0.15) is 0 Å². The Balaban J connectivity index is 1.77. The summed E-state index contributed by atoms with van der Waals surface area (Å²) >= 11 is 0. The van der Waals surface area contributed by atoms with E-state index in [4.69, 9.17) is 10.5 Å². The number of hydrogen-bond donors (Lipinski definition) is 1. The first-order valence-corrected chi connectivity index (χ1v) is 7.12. The molecule has 114 valence electrons. The minimum atomic E-state index is -0.415. The molecule has 0 amide bonds. The summed E-state index contributed by atoms with van der Waals surface area (Å²) in [6.45, 7) is 0.294. The molecule has 2 heterocycles. The zero-order chi connectivity index (χ0) is 15.8. The lowest BCUT2D eigenvalue weighted by Crippen LogP contribution is -2.01. The summed E-state index contributed by atoms with van der Waals surface area (Å²) in [4.78, 5) is 8.63. The number of hydrogen-bond acceptors (Lipinski definition) is 4. The number of imidazole rings is 1. The minimum absolute atomic E-state index is 0.191. The van der Waals surface area contributed by atoms with E-state index in [1.54, 1.807) is 22.7 Å². The van der Waals surface area contributed by atoms with Crippen molar-refractivity contribution in [3.05, 3.63) is 66.2 Å². The Morgan fingerprint density at radius 1 is 1.04 bits per heavy atom. The van der Waals surface area contributed by atoms with Crippen LogP contribution >= 0.6 is 0 Å². The van der Waals surface area contributed by atoms with Gasteiger partial charge in [0.25, 0.3) is 0 Å². The van der Waals surface area contributed by atoms with Gasteiger partial charge in [0, 0.05) is 11.6 Å². The number of nitrogen functional groups attached to an aromatic ring is 1. The molecule has 0 fully saturated rings. The molecule has 0 saturated carbocycles. The molecule has 0 aliphatic rings. The highest BCUT2D eigenvalue weighted by Crippen LogP contribution is 2.23. The fourth-order valence-corrected chi connectivity index (χ4v) is 2.51. The topological polar surface area (TPSA) is 65.4 Å². The molecule has 0 saturated heterocycles. The first-order chi connectivity index (χ1) is 11.2. The van der Waals surface area contributed by atoms with Crippen molar-refractivity contribution in [2.75, 3.05) is 5.73 Å². The van der Waals surface area contributed by atoms with Crippen LogP contribution in [0.5, 0.6) is 5.75 Å². The van der Waals surface area contributed by atoms with E-state index in [2.05, 4.69) is 9.97 Å². The summed E-state index contributed by atoms with van der Waals surface area (Å²) in [7, 11) is 0. The number of aromatic nitrogens is 3. The number of ether oxygens (including phenoxy) is 1. The van der Waals surface area contributed by atoms with Gasteiger partial charge in [0.15, 0.2) is 0 Å². The highest BCUT2D eigenvalue weighted by molar-refractivity contribution is 5.92. The molecule has 4 rings (SSSR count). The predicted molar refractivity (Wildman–Crippen MR) is 85.6 cm³/mol. The number of benzene rings is 2. The predicted octanol–water partition coefficient (Wildman–Crippen LogP) is 3.18. The Hall–Kier alpha value is -3.15. The highest BCUT2D eigenvalue weighted by atomic mass is 19.1. The molecule has 0 unspecified atom stereocenters. The van der Waals surface area contributed by atoms with Crippen molar-refractivity contribution in [1.82, 2.24) is 14.4 Å². The van der Waals surface area contributed by atoms with Crippen LogP contribution in [0.15, 0.2) is 54.7 Å². The Labute approximate surface area is 131 Å². The average molecular weight is 308 g/mol. The van der Waals surface area contributed by atoms with Crippen molar-refractivity contribution in [2.45, 2.75) is 6.61 Å². The van der Waals surface area contributed by atoms with Crippen molar-refractivity contribution < 1.29 is 9.13 Å². The summed E-state index contributed by atoms with van der Waals surface area (Å²) < 4.78 is 21.2. The minimum Gasteiger partial charge on any atom is -0.487 e. The van der Waals surface area contributed by atoms with Gasteiger partial charge in [0.1, 0.15) is 29.3 Å². The van der Waals surface area contributed by atoms with Gasteiger partial charge in [-0.15, -0.1) is 0 Å². The fraction of sp³-hybridized carbons (Fsp3) is 0.0588. The number of rotatable bonds is 3. The average Bonchev–Trinajstić information content (AvgIpc) is 3.00. The summed E-state index contributed by atoms with van der Waals surface area (Å²) in [6, 6.07) is 14.2. The highest BCUT2D eigenvalue weighted by Gasteiger charge is 2.12. The number of nitrogens with zero attached hydrogens (tertiary/aromatic N) is 3. The van der Waals surface area contributed by atoms with Crippen LogP contribution in [0.1, 0.15) is 5.69 Å². The molecule has 0 aliphatic carbocycles. The number of nitrogens with two attached hydrogens (primary N) is 1. The second kappa shape index (κ2) is 5.24. The van der Waals surface area contributed by atoms with Gasteiger partial charge in [-0.05, 0) is 24.3 Å². The lowest BCUT2D eigenvalue weighted by molar-refractivity contribution is 0.302. The van der Waals surface area contributed by atoms with Crippen molar-refractivity contribution >= 4 is 22.5 Å². The lowest BCUT2D eigenvalue weighted by Gasteiger charge is -2.03. The number of halogens is 1. The van der Waals surface area contributed by atoms with Crippen molar-refractivity contribution in [3.63, 3.8) is 0 Å². The van der Waals surface area contributed by atoms with Crippen LogP contribution < -0.4 is 10.5 Å². The van der Waals surface area contributed by atoms with E-state index in [1.807, 2.05) is 30.3 Å². The van der Waals surface area contributed by atoms with E-state index in [9.17, 15) is 4.39 Å². The number of anilines is 1. The third kappa shape index (κ3) is 2.34. The van der Waals surface area contributed by atoms with Gasteiger partial charge in [-0.25, -0.2) is 14.4 Å². The van der Waals surface area contributed by atoms with Crippen LogP contribution in [0.3, 0.4) is 0 Å². The molecular formula is C17H13FN4O. The van der Waals surface area contributed by atoms with Crippen molar-refractivity contribution in [1.29, 1.82) is 0 Å². The summed E-state index contributed by atoms with van der Waals surface area (Å²) in [5.41, 5.74) is 7.40. The van der Waals surface area contributed by atoms with E-state index < -0.39 is 5.82 Å². The van der Waals surface area contributed by atoms with E-state index in [0.717, 1.165) is 5.75 Å². The molecule has 2 aromatic carbocycles. The second-order valence-corrected chi connectivity index (χ2v) is 5.13. The van der Waals surface area contributed by atoms with E-state index in [1.165, 1.54) is 6.07 Å². The third-order valence-electron chi connectivity index (χ3n) is 3.59. The Morgan fingerprint density at radius 3 is 2.70 bits per heavy atom. The maximum atomic E-state index is 13.9. The summed E-state index contributed by atoms with van der Waals surface area (Å²) in [5, 5.41) is 0.616. The van der Waals surface area contributed by atoms with Crippen LogP contribution in [0.25, 0.3) is 16.6 Å². The molecule has 4 aromatic rings. The van der Waals surface area contributed by atoms with Crippen molar-refractivity contribution in [3.8, 4) is 5.75 Å². The van der Waals surface area contributed by atoms with Gasteiger partial charge < -0.3 is 10.5 Å². The molecular weight excluding hydrogens is 295 g/mol. The molecule has 0 aliphatic heterocycles. The third-order valence-corrected chi connectivity index (χ3v) is 3.59. The molecule has 5 nitrogen and oxygen atoms in total. The van der Waals surface area contributed by atoms with Crippen LogP contribution in [0, 0.1) is 5.82 Å².